The summed E-state index contributed by atoms with van der Waals surface area (Å²) in [5.41, 5.74) is 1.39. The van der Waals surface area contributed by atoms with Crippen molar-refractivity contribution in [3.05, 3.63) is 83.6 Å². The Bertz CT molecular complexity index is 1550. The second-order valence-electron chi connectivity index (χ2n) is 6.22. The van der Waals surface area contributed by atoms with Crippen molar-refractivity contribution >= 4 is 27.5 Å². The number of carbonyl (C=O) groups excluding carboxylic acids is 1. The zero-order valence-corrected chi connectivity index (χ0v) is 14.7. The Morgan fingerprint density at radius 1 is 0.926 bits per heavy atom. The monoisotopic (exact) mass is 366 g/mol. The summed E-state index contributed by atoms with van der Waals surface area (Å²) in [6, 6.07) is 16.9. The molecular formula is C25H25NO. The van der Waals surface area contributed by atoms with Crippen LogP contribution in [0, 0.1) is 6.92 Å². The molecule has 0 aliphatic heterocycles. The quantitative estimate of drug-likeness (QED) is 0.356. The maximum absolute atomic E-state index is 13.8. The van der Waals surface area contributed by atoms with Crippen LogP contribution in [0.1, 0.15) is 62.5 Å². The molecule has 0 aliphatic carbocycles. The van der Waals surface area contributed by atoms with Crippen LogP contribution in [0.5, 0.6) is 0 Å². The molecule has 1 heterocycles. The zero-order chi connectivity index (χ0) is 28.5. The number of aryl methyl sites for hydroxylation is 2. The first-order valence-electron chi connectivity index (χ1n) is 14.0. The smallest absolute Gasteiger partial charge is 0.195 e. The summed E-state index contributed by atoms with van der Waals surface area (Å²) in [7, 11) is 0. The molecule has 0 radical (unpaired) electrons. The van der Waals surface area contributed by atoms with Crippen LogP contribution in [-0.4, -0.2) is 10.4 Å². The Kier molecular flexibility index (Phi) is 2.43. The Morgan fingerprint density at radius 2 is 1.67 bits per heavy atom. The van der Waals surface area contributed by atoms with E-state index in [1.165, 1.54) is 12.1 Å². The van der Waals surface area contributed by atoms with Gasteiger partial charge in [-0.05, 0) is 35.7 Å². The number of benzene rings is 3. The number of nitrogens with zero attached hydrogens (tertiary/aromatic N) is 1. The molecule has 0 amide bonds. The summed E-state index contributed by atoms with van der Waals surface area (Å²) in [5, 5.41) is 1.81. The van der Waals surface area contributed by atoms with Crippen LogP contribution < -0.4 is 0 Å². The largest absolute Gasteiger partial charge is 0.347 e. The first-order chi connectivity index (χ1) is 17.4. The van der Waals surface area contributed by atoms with Crippen LogP contribution in [0.4, 0.5) is 0 Å². The van der Waals surface area contributed by atoms with Crippen molar-refractivity contribution < 1.29 is 19.9 Å². The van der Waals surface area contributed by atoms with Crippen molar-refractivity contribution in [1.29, 1.82) is 0 Å². The molecule has 27 heavy (non-hydrogen) atoms. The molecule has 0 fully saturated rings. The van der Waals surface area contributed by atoms with E-state index < -0.39 is 38.3 Å². The Morgan fingerprint density at radius 3 is 2.48 bits per heavy atom. The highest BCUT2D eigenvalue weighted by Crippen LogP contribution is 2.28. The molecule has 136 valence electrons. The maximum atomic E-state index is 13.8. The third-order valence-electron chi connectivity index (χ3n) is 4.64. The standard InChI is InChI=1S/C25H25NO/c1-3-4-9-16-26-17-23(21-12-7-8-13-24(21)26)25(27)22-15-14-18(2)19-10-5-6-11-20(19)22/h5-8,10-15,17H,3-4,9,16H2,1-2H3/i1D3,3D2,4D2,9D2,16D2. The topological polar surface area (TPSA) is 22.0 Å². The van der Waals surface area contributed by atoms with E-state index in [1.807, 2.05) is 19.1 Å². The number of aromatic nitrogens is 1. The fraction of sp³-hybridized carbons (Fsp3) is 0.240. The van der Waals surface area contributed by atoms with E-state index in [2.05, 4.69) is 0 Å². The van der Waals surface area contributed by atoms with E-state index in [4.69, 9.17) is 15.1 Å². The Balaban J connectivity index is 1.93. The highest BCUT2D eigenvalue weighted by molar-refractivity contribution is 6.21. The van der Waals surface area contributed by atoms with Crippen LogP contribution in [0.15, 0.2) is 66.9 Å². The minimum absolute atomic E-state index is 0.0358. The molecule has 2 heteroatoms. The molecule has 0 atom stereocenters. The van der Waals surface area contributed by atoms with Crippen LogP contribution >= 0.6 is 0 Å². The first kappa shape index (κ1) is 8.88. The number of ketones is 1. The predicted octanol–water partition coefficient (Wildman–Crippen LogP) is 6.52. The van der Waals surface area contributed by atoms with E-state index in [-0.39, 0.29) is 16.5 Å². The fourth-order valence-corrected chi connectivity index (χ4v) is 3.37. The average molecular weight is 367 g/mol. The lowest BCUT2D eigenvalue weighted by Crippen LogP contribution is -2.02. The second-order valence-corrected chi connectivity index (χ2v) is 6.22. The molecule has 2 nitrogen and oxygen atoms in total. The molecule has 3 aromatic carbocycles. The lowest BCUT2D eigenvalue weighted by Gasteiger charge is -2.08. The first-order valence-corrected chi connectivity index (χ1v) is 8.51. The summed E-state index contributed by atoms with van der Waals surface area (Å²) >= 11 is 0. The summed E-state index contributed by atoms with van der Waals surface area (Å²) in [6.45, 7) is -4.99. The van der Waals surface area contributed by atoms with E-state index in [0.717, 1.165) is 21.7 Å². The van der Waals surface area contributed by atoms with E-state index in [0.29, 0.717) is 10.9 Å². The van der Waals surface area contributed by atoms with Crippen molar-refractivity contribution in [2.45, 2.75) is 39.4 Å². The van der Waals surface area contributed by atoms with Gasteiger partial charge in [0.15, 0.2) is 5.78 Å². The number of hydrogen-bond acceptors (Lipinski definition) is 1. The van der Waals surface area contributed by atoms with Gasteiger partial charge >= 0.3 is 0 Å². The van der Waals surface area contributed by atoms with Gasteiger partial charge in [0.2, 0.25) is 0 Å². The van der Waals surface area contributed by atoms with Gasteiger partial charge in [0.1, 0.15) is 0 Å². The maximum Gasteiger partial charge on any atom is 0.195 e. The molecule has 0 saturated carbocycles. The van der Waals surface area contributed by atoms with Gasteiger partial charge in [-0.25, -0.2) is 0 Å². The van der Waals surface area contributed by atoms with Crippen molar-refractivity contribution in [1.82, 2.24) is 4.57 Å². The number of fused-ring (bicyclic) bond motifs is 2. The van der Waals surface area contributed by atoms with Gasteiger partial charge < -0.3 is 4.57 Å². The molecule has 0 bridgehead atoms. The van der Waals surface area contributed by atoms with Crippen LogP contribution in [-0.2, 0) is 6.50 Å². The fourth-order valence-electron chi connectivity index (χ4n) is 3.37. The van der Waals surface area contributed by atoms with E-state index >= 15 is 0 Å². The van der Waals surface area contributed by atoms with Crippen molar-refractivity contribution in [2.24, 2.45) is 0 Å². The minimum Gasteiger partial charge on any atom is -0.347 e. The van der Waals surface area contributed by atoms with Gasteiger partial charge in [-0.3, -0.25) is 4.79 Å². The zero-order valence-electron chi connectivity index (χ0n) is 25.7. The Hall–Kier alpha value is -2.87. The van der Waals surface area contributed by atoms with Gasteiger partial charge in [-0.15, -0.1) is 0 Å². The number of hydrogen-bond donors (Lipinski definition) is 0. The third-order valence-corrected chi connectivity index (χ3v) is 4.64. The molecule has 0 spiro atoms. The lowest BCUT2D eigenvalue weighted by atomic mass is 9.95. The van der Waals surface area contributed by atoms with Gasteiger partial charge in [0.25, 0.3) is 0 Å². The van der Waals surface area contributed by atoms with Gasteiger partial charge in [-0.2, -0.15) is 0 Å². The van der Waals surface area contributed by atoms with E-state index in [1.54, 1.807) is 36.4 Å². The number of rotatable bonds is 6. The van der Waals surface area contributed by atoms with Crippen LogP contribution in [0.3, 0.4) is 0 Å². The van der Waals surface area contributed by atoms with Crippen molar-refractivity contribution in [2.75, 3.05) is 0 Å². The van der Waals surface area contributed by atoms with Crippen LogP contribution in [0.25, 0.3) is 21.7 Å². The van der Waals surface area contributed by atoms with Crippen molar-refractivity contribution in [3.63, 3.8) is 0 Å². The SMILES string of the molecule is [2H]C([2H])([2H])C([2H])([2H])C([2H])([2H])C([2H])([2H])C([2H])([2H])n1cc(C(=O)c2ccc(C)c3ccccc23)c2ccccc21. The summed E-state index contributed by atoms with van der Waals surface area (Å²) in [4.78, 5) is 13.8. The van der Waals surface area contributed by atoms with Crippen molar-refractivity contribution in [3.8, 4) is 0 Å². The molecule has 0 N–H and O–H groups in total. The molecule has 4 rings (SSSR count). The van der Waals surface area contributed by atoms with E-state index in [9.17, 15) is 4.79 Å². The highest BCUT2D eigenvalue weighted by Gasteiger charge is 2.18. The number of carbonyl (C=O) groups is 1. The van der Waals surface area contributed by atoms with Crippen LogP contribution in [0.2, 0.25) is 0 Å². The Labute approximate surface area is 175 Å². The lowest BCUT2D eigenvalue weighted by molar-refractivity contribution is 0.104. The molecule has 0 aliphatic rings. The second kappa shape index (κ2) is 7.40. The number of para-hydroxylation sites is 1. The molecule has 0 saturated heterocycles. The normalized spacial score (nSPS) is 20.0. The minimum atomic E-state index is -3.81. The third kappa shape index (κ3) is 3.16. The molecular weight excluding hydrogens is 330 g/mol. The molecule has 4 aromatic rings. The van der Waals surface area contributed by atoms with Gasteiger partial charge in [0.05, 0.1) is 0 Å². The average Bonchev–Trinajstić information content (AvgIpc) is 3.23. The van der Waals surface area contributed by atoms with Gasteiger partial charge in [0, 0.05) is 49.8 Å². The predicted molar refractivity (Wildman–Crippen MR) is 114 cm³/mol. The summed E-state index contributed by atoms with van der Waals surface area (Å²) in [6.07, 6.45) is -10.2. The molecule has 0 unspecified atom stereocenters. The summed E-state index contributed by atoms with van der Waals surface area (Å²) < 4.78 is 89.3. The highest BCUT2D eigenvalue weighted by atomic mass is 16.1. The van der Waals surface area contributed by atoms with Gasteiger partial charge in [-0.1, -0.05) is 74.2 Å². The summed E-state index contributed by atoms with van der Waals surface area (Å²) in [5.74, 6) is -0.464. The molecule has 1 aromatic heterocycles.